The summed E-state index contributed by atoms with van der Waals surface area (Å²) >= 11 is 0. The van der Waals surface area contributed by atoms with E-state index >= 15 is 0 Å². The van der Waals surface area contributed by atoms with E-state index in [1.165, 1.54) is 0 Å². The van der Waals surface area contributed by atoms with E-state index in [2.05, 4.69) is 0 Å². The standard InChI is InChI=1S/C18H14O4/c1-9-5-14-7-13-6-12(17(19)20)4-3-11(13)8-15(14)10(2)16(9)18(21)22/h3-8H,1-2H3,(H,19,20)(H,21,22). The van der Waals surface area contributed by atoms with E-state index in [0.29, 0.717) is 11.1 Å². The Kier molecular flexibility index (Phi) is 3.10. The molecule has 0 amide bonds. The second-order valence-corrected chi connectivity index (χ2v) is 5.44. The summed E-state index contributed by atoms with van der Waals surface area (Å²) in [6.45, 7) is 3.57. The van der Waals surface area contributed by atoms with Gasteiger partial charge in [0.25, 0.3) is 0 Å². The van der Waals surface area contributed by atoms with Gasteiger partial charge in [-0.1, -0.05) is 12.1 Å². The largest absolute Gasteiger partial charge is 0.478 e. The number of carboxylic acid groups (broad SMARTS) is 2. The molecule has 22 heavy (non-hydrogen) atoms. The molecule has 0 saturated heterocycles. The molecule has 4 nitrogen and oxygen atoms in total. The monoisotopic (exact) mass is 294 g/mol. The SMILES string of the molecule is Cc1cc2cc3cc(C(=O)O)ccc3cc2c(C)c1C(=O)O. The highest BCUT2D eigenvalue weighted by molar-refractivity contribution is 6.06. The summed E-state index contributed by atoms with van der Waals surface area (Å²) in [6, 6.07) is 10.6. The number of aryl methyl sites for hydroxylation is 2. The van der Waals surface area contributed by atoms with Crippen molar-refractivity contribution in [1.29, 1.82) is 0 Å². The van der Waals surface area contributed by atoms with Gasteiger partial charge in [0.15, 0.2) is 0 Å². The second-order valence-electron chi connectivity index (χ2n) is 5.44. The van der Waals surface area contributed by atoms with Crippen molar-refractivity contribution in [3.05, 3.63) is 58.7 Å². The van der Waals surface area contributed by atoms with E-state index in [0.717, 1.165) is 27.1 Å². The third-order valence-electron chi connectivity index (χ3n) is 4.01. The maximum Gasteiger partial charge on any atom is 0.336 e. The van der Waals surface area contributed by atoms with Gasteiger partial charge >= 0.3 is 11.9 Å². The predicted octanol–water partition coefficient (Wildman–Crippen LogP) is 4.01. The minimum Gasteiger partial charge on any atom is -0.478 e. The van der Waals surface area contributed by atoms with Crippen LogP contribution in [0.15, 0.2) is 36.4 Å². The lowest BCUT2D eigenvalue weighted by molar-refractivity contribution is 0.0685. The highest BCUT2D eigenvalue weighted by Gasteiger charge is 2.14. The van der Waals surface area contributed by atoms with Crippen LogP contribution in [0.1, 0.15) is 31.8 Å². The molecular formula is C18H14O4. The van der Waals surface area contributed by atoms with Gasteiger partial charge in [0.2, 0.25) is 0 Å². The Hall–Kier alpha value is -2.88. The van der Waals surface area contributed by atoms with E-state index in [1.807, 2.05) is 18.2 Å². The fourth-order valence-corrected chi connectivity index (χ4v) is 2.96. The molecule has 3 aromatic rings. The van der Waals surface area contributed by atoms with Gasteiger partial charge in [-0.05, 0) is 70.8 Å². The first-order valence-electron chi connectivity index (χ1n) is 6.83. The number of rotatable bonds is 2. The first-order valence-corrected chi connectivity index (χ1v) is 6.83. The fraction of sp³-hybridized carbons (Fsp3) is 0.111. The van der Waals surface area contributed by atoms with Crippen molar-refractivity contribution in [2.24, 2.45) is 0 Å². The Labute approximate surface area is 126 Å². The van der Waals surface area contributed by atoms with Gasteiger partial charge in [0.05, 0.1) is 11.1 Å². The van der Waals surface area contributed by atoms with E-state index in [9.17, 15) is 14.7 Å². The van der Waals surface area contributed by atoms with Crippen molar-refractivity contribution in [2.45, 2.75) is 13.8 Å². The topological polar surface area (TPSA) is 74.6 Å². The van der Waals surface area contributed by atoms with Crippen LogP contribution in [0.4, 0.5) is 0 Å². The lowest BCUT2D eigenvalue weighted by Gasteiger charge is -2.11. The Morgan fingerprint density at radius 3 is 2.18 bits per heavy atom. The smallest absolute Gasteiger partial charge is 0.336 e. The first kappa shape index (κ1) is 14.1. The van der Waals surface area contributed by atoms with Crippen LogP contribution < -0.4 is 0 Å². The lowest BCUT2D eigenvalue weighted by Crippen LogP contribution is -2.03. The summed E-state index contributed by atoms with van der Waals surface area (Å²) in [5, 5.41) is 21.9. The third kappa shape index (κ3) is 2.09. The zero-order chi connectivity index (χ0) is 16.0. The number of fused-ring (bicyclic) bond motifs is 2. The molecule has 0 aliphatic carbocycles. The molecule has 0 aliphatic rings. The molecule has 0 saturated carbocycles. The summed E-state index contributed by atoms with van der Waals surface area (Å²) in [6.07, 6.45) is 0. The lowest BCUT2D eigenvalue weighted by atomic mass is 9.93. The minimum absolute atomic E-state index is 0.238. The number of carbonyl (C=O) groups is 2. The molecule has 4 heteroatoms. The molecule has 0 aliphatic heterocycles. The van der Waals surface area contributed by atoms with Crippen LogP contribution >= 0.6 is 0 Å². The molecule has 0 fully saturated rings. The van der Waals surface area contributed by atoms with Crippen molar-refractivity contribution in [3.8, 4) is 0 Å². The Morgan fingerprint density at radius 2 is 1.55 bits per heavy atom. The highest BCUT2D eigenvalue weighted by atomic mass is 16.4. The Balaban J connectivity index is 2.39. The number of benzene rings is 3. The molecule has 3 rings (SSSR count). The van der Waals surface area contributed by atoms with E-state index in [-0.39, 0.29) is 5.56 Å². The molecular weight excluding hydrogens is 280 g/mol. The van der Waals surface area contributed by atoms with E-state index < -0.39 is 11.9 Å². The molecule has 0 unspecified atom stereocenters. The highest BCUT2D eigenvalue weighted by Crippen LogP contribution is 2.30. The van der Waals surface area contributed by atoms with Crippen molar-refractivity contribution < 1.29 is 19.8 Å². The molecule has 3 aromatic carbocycles. The number of carboxylic acids is 2. The summed E-state index contributed by atoms with van der Waals surface area (Å²) < 4.78 is 0. The van der Waals surface area contributed by atoms with Crippen LogP contribution in [-0.2, 0) is 0 Å². The van der Waals surface area contributed by atoms with Crippen LogP contribution in [0, 0.1) is 13.8 Å². The normalized spacial score (nSPS) is 11.0. The van der Waals surface area contributed by atoms with Crippen LogP contribution in [0.2, 0.25) is 0 Å². The minimum atomic E-state index is -0.962. The summed E-state index contributed by atoms with van der Waals surface area (Å²) in [5.74, 6) is -1.89. The molecule has 0 aromatic heterocycles. The maximum atomic E-state index is 11.4. The molecule has 2 N–H and O–H groups in total. The quantitative estimate of drug-likeness (QED) is 0.700. The maximum absolute atomic E-state index is 11.4. The molecule has 0 bridgehead atoms. The number of hydrogen-bond acceptors (Lipinski definition) is 2. The average molecular weight is 294 g/mol. The Bertz CT molecular complexity index is 954. The fourth-order valence-electron chi connectivity index (χ4n) is 2.96. The summed E-state index contributed by atoms with van der Waals surface area (Å²) in [4.78, 5) is 22.5. The van der Waals surface area contributed by atoms with Gasteiger partial charge < -0.3 is 10.2 Å². The number of hydrogen-bond donors (Lipinski definition) is 2. The van der Waals surface area contributed by atoms with Gasteiger partial charge in [-0.25, -0.2) is 9.59 Å². The average Bonchev–Trinajstić information content (AvgIpc) is 2.44. The summed E-state index contributed by atoms with van der Waals surface area (Å²) in [5.41, 5.74) is 1.99. The van der Waals surface area contributed by atoms with Crippen LogP contribution in [0.5, 0.6) is 0 Å². The predicted molar refractivity (Wildman–Crippen MR) is 84.8 cm³/mol. The molecule has 0 atom stereocenters. The zero-order valence-corrected chi connectivity index (χ0v) is 12.2. The Morgan fingerprint density at radius 1 is 0.818 bits per heavy atom. The molecule has 110 valence electrons. The molecule has 0 spiro atoms. The summed E-state index contributed by atoms with van der Waals surface area (Å²) in [7, 11) is 0. The third-order valence-corrected chi connectivity index (χ3v) is 4.01. The molecule has 0 heterocycles. The van der Waals surface area contributed by atoms with Crippen molar-refractivity contribution in [3.63, 3.8) is 0 Å². The second kappa shape index (κ2) is 4.84. The van der Waals surface area contributed by atoms with Crippen LogP contribution in [0.25, 0.3) is 21.5 Å². The van der Waals surface area contributed by atoms with Gasteiger partial charge in [0, 0.05) is 0 Å². The van der Waals surface area contributed by atoms with Crippen LogP contribution in [0.3, 0.4) is 0 Å². The van der Waals surface area contributed by atoms with Crippen molar-refractivity contribution in [2.75, 3.05) is 0 Å². The van der Waals surface area contributed by atoms with Gasteiger partial charge in [-0.2, -0.15) is 0 Å². The van der Waals surface area contributed by atoms with Crippen molar-refractivity contribution >= 4 is 33.5 Å². The zero-order valence-electron chi connectivity index (χ0n) is 12.2. The van der Waals surface area contributed by atoms with E-state index in [1.54, 1.807) is 32.0 Å². The van der Waals surface area contributed by atoms with Crippen LogP contribution in [-0.4, -0.2) is 22.2 Å². The van der Waals surface area contributed by atoms with Gasteiger partial charge in [-0.3, -0.25) is 0 Å². The number of aromatic carboxylic acids is 2. The molecule has 0 radical (unpaired) electrons. The van der Waals surface area contributed by atoms with Gasteiger partial charge in [-0.15, -0.1) is 0 Å². The van der Waals surface area contributed by atoms with Gasteiger partial charge in [0.1, 0.15) is 0 Å². The van der Waals surface area contributed by atoms with Crippen molar-refractivity contribution in [1.82, 2.24) is 0 Å². The first-order chi connectivity index (χ1) is 10.4. The van der Waals surface area contributed by atoms with E-state index in [4.69, 9.17) is 5.11 Å².